The normalized spacial score (nSPS) is 17.7. The van der Waals surface area contributed by atoms with Crippen molar-refractivity contribution in [2.45, 2.75) is 46.1 Å². The zero-order valence-corrected chi connectivity index (χ0v) is 15.4. The maximum atomic E-state index is 12.8. The number of hydrogen-bond acceptors (Lipinski definition) is 3. The van der Waals surface area contributed by atoms with Crippen molar-refractivity contribution in [2.75, 3.05) is 19.7 Å². The van der Waals surface area contributed by atoms with Crippen LogP contribution in [0.3, 0.4) is 0 Å². The van der Waals surface area contributed by atoms with Gasteiger partial charge in [0, 0.05) is 31.0 Å². The van der Waals surface area contributed by atoms with E-state index < -0.39 is 0 Å². The molecule has 5 heteroatoms. The summed E-state index contributed by atoms with van der Waals surface area (Å²) in [6.07, 6.45) is 3.23. The molecule has 1 aliphatic heterocycles. The Labute approximate surface area is 149 Å². The number of benzene rings is 1. The van der Waals surface area contributed by atoms with Gasteiger partial charge in [0.15, 0.2) is 0 Å². The van der Waals surface area contributed by atoms with Crippen LogP contribution < -0.4 is 0 Å². The van der Waals surface area contributed by atoms with Crippen LogP contribution in [0.4, 0.5) is 0 Å². The monoisotopic (exact) mass is 341 g/mol. The lowest BCUT2D eigenvalue weighted by Gasteiger charge is -2.32. The molecule has 0 bridgehead atoms. The first-order chi connectivity index (χ1) is 12.1. The minimum Gasteiger partial charge on any atom is -0.376 e. The molecule has 0 saturated carbocycles. The number of amides is 1. The highest BCUT2D eigenvalue weighted by atomic mass is 16.5. The second-order valence-electron chi connectivity index (χ2n) is 6.77. The van der Waals surface area contributed by atoms with E-state index in [1.54, 1.807) is 0 Å². The molecule has 0 unspecified atom stereocenters. The Kier molecular flexibility index (Phi) is 5.53. The maximum Gasteiger partial charge on any atom is 0.253 e. The van der Waals surface area contributed by atoms with Crippen LogP contribution >= 0.6 is 0 Å². The van der Waals surface area contributed by atoms with Crippen molar-refractivity contribution in [3.63, 3.8) is 0 Å². The molecule has 0 aliphatic carbocycles. The summed E-state index contributed by atoms with van der Waals surface area (Å²) in [5, 5.41) is 4.49. The van der Waals surface area contributed by atoms with Gasteiger partial charge in [0.05, 0.1) is 17.5 Å². The van der Waals surface area contributed by atoms with Crippen molar-refractivity contribution >= 4 is 5.91 Å². The number of rotatable bonds is 5. The fourth-order valence-corrected chi connectivity index (χ4v) is 3.36. The van der Waals surface area contributed by atoms with Crippen LogP contribution in [-0.2, 0) is 4.74 Å². The van der Waals surface area contributed by atoms with Gasteiger partial charge < -0.3 is 9.64 Å². The molecule has 5 nitrogen and oxygen atoms in total. The molecule has 0 spiro atoms. The third kappa shape index (κ3) is 4.10. The van der Waals surface area contributed by atoms with Crippen molar-refractivity contribution < 1.29 is 9.53 Å². The van der Waals surface area contributed by atoms with Crippen molar-refractivity contribution in [1.82, 2.24) is 14.7 Å². The van der Waals surface area contributed by atoms with Gasteiger partial charge in [0.25, 0.3) is 5.91 Å². The molecule has 1 amide bonds. The van der Waals surface area contributed by atoms with Gasteiger partial charge in [-0.1, -0.05) is 6.92 Å². The minimum atomic E-state index is 0.0877. The second-order valence-corrected chi connectivity index (χ2v) is 6.77. The molecule has 25 heavy (non-hydrogen) atoms. The Bertz CT molecular complexity index is 721. The van der Waals surface area contributed by atoms with Crippen molar-refractivity contribution in [3.05, 3.63) is 47.3 Å². The second kappa shape index (κ2) is 7.83. The lowest BCUT2D eigenvalue weighted by molar-refractivity contribution is 0.00211. The van der Waals surface area contributed by atoms with E-state index in [-0.39, 0.29) is 12.0 Å². The zero-order valence-electron chi connectivity index (χ0n) is 15.4. The number of carbonyl (C=O) groups excluding carboxylic acids is 1. The Hall–Kier alpha value is -2.14. The van der Waals surface area contributed by atoms with E-state index in [9.17, 15) is 4.79 Å². The number of hydrogen-bond donors (Lipinski definition) is 0. The lowest BCUT2D eigenvalue weighted by atomic mass is 10.1. The highest BCUT2D eigenvalue weighted by Gasteiger charge is 2.24. The molecule has 1 aromatic carbocycles. The number of ether oxygens (including phenoxy) is 1. The van der Waals surface area contributed by atoms with Crippen LogP contribution in [0.15, 0.2) is 30.3 Å². The number of aromatic nitrogens is 2. The van der Waals surface area contributed by atoms with E-state index >= 15 is 0 Å². The number of likely N-dealkylation sites (tertiary alicyclic amines) is 1. The molecule has 0 N–H and O–H groups in total. The van der Waals surface area contributed by atoms with E-state index in [0.29, 0.717) is 6.54 Å². The van der Waals surface area contributed by atoms with E-state index in [2.05, 4.69) is 12.0 Å². The number of carbonyl (C=O) groups is 1. The molecule has 3 rings (SSSR count). The van der Waals surface area contributed by atoms with Gasteiger partial charge in [0.1, 0.15) is 0 Å². The van der Waals surface area contributed by atoms with Crippen LogP contribution in [-0.4, -0.2) is 46.4 Å². The smallest absolute Gasteiger partial charge is 0.253 e. The molecule has 2 heterocycles. The van der Waals surface area contributed by atoms with Crippen LogP contribution in [0.5, 0.6) is 0 Å². The van der Waals surface area contributed by atoms with Gasteiger partial charge >= 0.3 is 0 Å². The van der Waals surface area contributed by atoms with Gasteiger partial charge in [-0.3, -0.25) is 4.79 Å². The first kappa shape index (κ1) is 17.7. The Morgan fingerprint density at radius 3 is 2.68 bits per heavy atom. The number of nitrogens with zero attached hydrogens (tertiary/aromatic N) is 3. The molecule has 1 saturated heterocycles. The zero-order chi connectivity index (χ0) is 17.8. The summed E-state index contributed by atoms with van der Waals surface area (Å²) >= 11 is 0. The Morgan fingerprint density at radius 2 is 2.04 bits per heavy atom. The first-order valence-corrected chi connectivity index (χ1v) is 9.13. The summed E-state index contributed by atoms with van der Waals surface area (Å²) in [5.41, 5.74) is 3.78. The van der Waals surface area contributed by atoms with Crippen LogP contribution in [0, 0.1) is 13.8 Å². The van der Waals surface area contributed by atoms with Crippen LogP contribution in [0.25, 0.3) is 5.69 Å². The topological polar surface area (TPSA) is 47.4 Å². The molecule has 2 aromatic rings. The number of piperidine rings is 1. The van der Waals surface area contributed by atoms with Crippen molar-refractivity contribution in [1.29, 1.82) is 0 Å². The minimum absolute atomic E-state index is 0.0877. The lowest BCUT2D eigenvalue weighted by Crippen LogP contribution is -2.43. The molecule has 0 radical (unpaired) electrons. The molecule has 1 fully saturated rings. The van der Waals surface area contributed by atoms with E-state index in [4.69, 9.17) is 4.74 Å². The largest absolute Gasteiger partial charge is 0.376 e. The third-order valence-corrected chi connectivity index (χ3v) is 4.59. The highest BCUT2D eigenvalue weighted by Crippen LogP contribution is 2.18. The molecule has 134 valence electrons. The predicted molar refractivity (Wildman–Crippen MR) is 98.2 cm³/mol. The summed E-state index contributed by atoms with van der Waals surface area (Å²) in [6, 6.07) is 9.75. The third-order valence-electron chi connectivity index (χ3n) is 4.59. The maximum absolute atomic E-state index is 12.8. The highest BCUT2D eigenvalue weighted by molar-refractivity contribution is 5.94. The predicted octanol–water partition coefficient (Wildman–Crippen LogP) is 3.52. The molecular formula is C20H27N3O2. The summed E-state index contributed by atoms with van der Waals surface area (Å²) < 4.78 is 7.74. The molecular weight excluding hydrogens is 314 g/mol. The van der Waals surface area contributed by atoms with Crippen molar-refractivity contribution in [3.8, 4) is 5.69 Å². The van der Waals surface area contributed by atoms with Gasteiger partial charge in [-0.2, -0.15) is 5.10 Å². The number of aryl methyl sites for hydroxylation is 2. The van der Waals surface area contributed by atoms with Crippen molar-refractivity contribution in [2.24, 2.45) is 0 Å². The summed E-state index contributed by atoms with van der Waals surface area (Å²) in [7, 11) is 0. The van der Waals surface area contributed by atoms with E-state index in [1.165, 1.54) is 0 Å². The van der Waals surface area contributed by atoms with E-state index in [1.807, 2.05) is 53.8 Å². The fourth-order valence-electron chi connectivity index (χ4n) is 3.36. The molecule has 1 aliphatic rings. The summed E-state index contributed by atoms with van der Waals surface area (Å²) in [4.78, 5) is 14.7. The molecule has 1 atom stereocenters. The van der Waals surface area contributed by atoms with Gasteiger partial charge in [-0.15, -0.1) is 0 Å². The fraction of sp³-hybridized carbons (Fsp3) is 0.500. The van der Waals surface area contributed by atoms with Gasteiger partial charge in [0.2, 0.25) is 0 Å². The standard InChI is InChI=1S/C20H27N3O2/c1-4-12-25-19-6-5-11-22(14-19)20(24)17-7-9-18(10-8-17)23-16(3)13-15(2)21-23/h7-10,13,19H,4-6,11-12,14H2,1-3H3/t19-/m0/s1. The average Bonchev–Trinajstić information content (AvgIpc) is 2.98. The van der Waals surface area contributed by atoms with Crippen LogP contribution in [0.2, 0.25) is 0 Å². The Balaban J connectivity index is 1.69. The Morgan fingerprint density at radius 1 is 1.28 bits per heavy atom. The molecule has 1 aromatic heterocycles. The summed E-state index contributed by atoms with van der Waals surface area (Å²) in [6.45, 7) is 8.39. The summed E-state index contributed by atoms with van der Waals surface area (Å²) in [5.74, 6) is 0.0877. The van der Waals surface area contributed by atoms with E-state index in [0.717, 1.165) is 55.1 Å². The first-order valence-electron chi connectivity index (χ1n) is 9.13. The van der Waals surface area contributed by atoms with Gasteiger partial charge in [-0.25, -0.2) is 4.68 Å². The average molecular weight is 341 g/mol. The van der Waals surface area contributed by atoms with Gasteiger partial charge in [-0.05, 0) is 63.4 Å². The quantitative estimate of drug-likeness (QED) is 0.836. The SMILES string of the molecule is CCCO[C@H]1CCCN(C(=O)c2ccc(-n3nc(C)cc3C)cc2)C1. The van der Waals surface area contributed by atoms with Crippen LogP contribution in [0.1, 0.15) is 47.9 Å².